The molecule has 3 heterocycles. The van der Waals surface area contributed by atoms with E-state index in [1.165, 1.54) is 41.6 Å². The molecule has 4 aromatic rings. The summed E-state index contributed by atoms with van der Waals surface area (Å²) in [6.07, 6.45) is 2.83. The Labute approximate surface area is 157 Å². The number of aryl methyl sites for hydroxylation is 1. The number of hydrazone groups is 1. The monoisotopic (exact) mass is 379 g/mol. The molecule has 0 amide bonds. The molecule has 3 aromatic heterocycles. The Bertz CT molecular complexity index is 1150. The second kappa shape index (κ2) is 6.96. The Morgan fingerprint density at radius 3 is 2.78 bits per heavy atom. The number of benzene rings is 1. The van der Waals surface area contributed by atoms with E-state index < -0.39 is 4.92 Å². The van der Waals surface area contributed by atoms with Crippen LogP contribution in [-0.4, -0.2) is 21.1 Å². The molecule has 0 saturated heterocycles. The fourth-order valence-corrected chi connectivity index (χ4v) is 3.49. The van der Waals surface area contributed by atoms with Crippen molar-refractivity contribution in [2.75, 3.05) is 5.43 Å². The van der Waals surface area contributed by atoms with E-state index in [-0.39, 0.29) is 11.6 Å². The smallest absolute Gasteiger partial charge is 0.400 e. The predicted molar refractivity (Wildman–Crippen MR) is 104 cm³/mol. The van der Waals surface area contributed by atoms with E-state index in [9.17, 15) is 10.1 Å². The summed E-state index contributed by atoms with van der Waals surface area (Å²) in [6, 6.07) is 11.0. The second-order valence-electron chi connectivity index (χ2n) is 5.72. The number of rotatable bonds is 5. The van der Waals surface area contributed by atoms with Crippen molar-refractivity contribution < 1.29 is 9.34 Å². The molecule has 0 saturated carbocycles. The molecule has 0 fully saturated rings. The summed E-state index contributed by atoms with van der Waals surface area (Å²) in [7, 11) is 0. The van der Waals surface area contributed by atoms with Crippen molar-refractivity contribution in [3.63, 3.8) is 0 Å². The van der Waals surface area contributed by atoms with Crippen LogP contribution in [0.1, 0.15) is 11.3 Å². The van der Waals surface area contributed by atoms with Gasteiger partial charge in [0, 0.05) is 10.9 Å². The summed E-state index contributed by atoms with van der Waals surface area (Å²) < 4.78 is 5.04. The zero-order valence-electron chi connectivity index (χ0n) is 14.1. The van der Waals surface area contributed by atoms with Gasteiger partial charge in [-0.2, -0.15) is 5.10 Å². The summed E-state index contributed by atoms with van der Waals surface area (Å²) in [5, 5.41) is 17.6. The molecule has 4 rings (SSSR count). The Kier molecular flexibility index (Phi) is 4.35. The van der Waals surface area contributed by atoms with Crippen molar-refractivity contribution in [3.05, 3.63) is 69.5 Å². The molecule has 0 unspecified atom stereocenters. The molecule has 0 spiro atoms. The highest BCUT2D eigenvalue weighted by Crippen LogP contribution is 2.36. The fraction of sp³-hybridized carbons (Fsp3) is 0.0556. The van der Waals surface area contributed by atoms with Gasteiger partial charge in [0.05, 0.1) is 17.7 Å². The van der Waals surface area contributed by atoms with Crippen molar-refractivity contribution in [1.82, 2.24) is 9.97 Å². The minimum atomic E-state index is -0.599. The van der Waals surface area contributed by atoms with Crippen LogP contribution in [0.3, 0.4) is 0 Å². The molecule has 9 heteroatoms. The molecule has 1 aromatic carbocycles. The number of anilines is 1. The Hall–Kier alpha value is -3.59. The Balaban J connectivity index is 1.65. The maximum atomic E-state index is 10.7. The topological polar surface area (TPSA) is 106 Å². The van der Waals surface area contributed by atoms with Gasteiger partial charge in [-0.05, 0) is 18.6 Å². The van der Waals surface area contributed by atoms with Gasteiger partial charge in [0.15, 0.2) is 11.6 Å². The lowest BCUT2D eigenvalue weighted by molar-refractivity contribution is -0.402. The van der Waals surface area contributed by atoms with Gasteiger partial charge in [-0.25, -0.2) is 9.97 Å². The molecule has 0 bridgehead atoms. The third kappa shape index (κ3) is 3.40. The quantitative estimate of drug-likeness (QED) is 0.308. The first kappa shape index (κ1) is 16.9. The number of thiophene rings is 1. The van der Waals surface area contributed by atoms with Crippen LogP contribution in [0.25, 0.3) is 21.3 Å². The maximum absolute atomic E-state index is 10.7. The lowest BCUT2D eigenvalue weighted by Crippen LogP contribution is -1.95. The number of fused-ring (bicyclic) bond motifs is 1. The van der Waals surface area contributed by atoms with Crippen molar-refractivity contribution in [3.8, 4) is 11.1 Å². The molecule has 134 valence electrons. The van der Waals surface area contributed by atoms with Crippen LogP contribution >= 0.6 is 11.3 Å². The van der Waals surface area contributed by atoms with E-state index in [0.29, 0.717) is 5.82 Å². The van der Waals surface area contributed by atoms with Crippen LogP contribution in [0, 0.1) is 17.0 Å². The van der Waals surface area contributed by atoms with E-state index in [4.69, 9.17) is 4.42 Å². The van der Waals surface area contributed by atoms with Crippen LogP contribution < -0.4 is 5.43 Å². The van der Waals surface area contributed by atoms with Gasteiger partial charge < -0.3 is 4.42 Å². The molecule has 0 radical (unpaired) electrons. The molecule has 1 N–H and O–H groups in total. The van der Waals surface area contributed by atoms with Gasteiger partial charge in [-0.1, -0.05) is 29.8 Å². The van der Waals surface area contributed by atoms with E-state index in [0.717, 1.165) is 21.3 Å². The summed E-state index contributed by atoms with van der Waals surface area (Å²) in [5.41, 5.74) is 6.14. The molecule has 27 heavy (non-hydrogen) atoms. The van der Waals surface area contributed by atoms with E-state index in [1.807, 2.05) is 12.3 Å². The van der Waals surface area contributed by atoms with Gasteiger partial charge >= 0.3 is 5.88 Å². The Morgan fingerprint density at radius 2 is 2.04 bits per heavy atom. The van der Waals surface area contributed by atoms with E-state index >= 15 is 0 Å². The highest BCUT2D eigenvalue weighted by Gasteiger charge is 2.13. The first-order valence-corrected chi connectivity index (χ1v) is 8.82. The third-order valence-corrected chi connectivity index (χ3v) is 4.77. The van der Waals surface area contributed by atoms with E-state index in [2.05, 4.69) is 44.8 Å². The fourth-order valence-electron chi connectivity index (χ4n) is 2.57. The van der Waals surface area contributed by atoms with Crippen molar-refractivity contribution >= 4 is 39.5 Å². The SMILES string of the molecule is Cc1ccc(-c2csc3ncnc(N/N=C\c4ccc([N+](=O)[O-])o4)c23)cc1. The van der Waals surface area contributed by atoms with Crippen molar-refractivity contribution in [1.29, 1.82) is 0 Å². The van der Waals surface area contributed by atoms with Crippen LogP contribution in [0.2, 0.25) is 0 Å². The number of furan rings is 1. The van der Waals surface area contributed by atoms with Gasteiger partial charge in [0.1, 0.15) is 16.1 Å². The van der Waals surface area contributed by atoms with Crippen LogP contribution in [0.5, 0.6) is 0 Å². The number of nitrogens with zero attached hydrogens (tertiary/aromatic N) is 4. The van der Waals surface area contributed by atoms with E-state index in [1.54, 1.807) is 0 Å². The minimum Gasteiger partial charge on any atom is -0.400 e. The number of hydrogen-bond acceptors (Lipinski definition) is 8. The molecule has 0 aliphatic heterocycles. The first-order chi connectivity index (χ1) is 13.1. The first-order valence-electron chi connectivity index (χ1n) is 7.94. The van der Waals surface area contributed by atoms with Gasteiger partial charge in [-0.15, -0.1) is 11.3 Å². The molecule has 0 aliphatic rings. The lowest BCUT2D eigenvalue weighted by Gasteiger charge is -2.05. The van der Waals surface area contributed by atoms with Crippen molar-refractivity contribution in [2.24, 2.45) is 5.10 Å². The van der Waals surface area contributed by atoms with Crippen molar-refractivity contribution in [2.45, 2.75) is 6.92 Å². The van der Waals surface area contributed by atoms with Crippen LogP contribution in [-0.2, 0) is 0 Å². The highest BCUT2D eigenvalue weighted by molar-refractivity contribution is 7.17. The molecule has 8 nitrogen and oxygen atoms in total. The number of nitro groups is 1. The average molecular weight is 379 g/mol. The minimum absolute atomic E-state index is 0.267. The molecule has 0 aliphatic carbocycles. The summed E-state index contributed by atoms with van der Waals surface area (Å²) in [5.74, 6) is 0.484. The van der Waals surface area contributed by atoms with Gasteiger partial charge in [0.2, 0.25) is 0 Å². The molecule has 0 atom stereocenters. The number of nitrogens with one attached hydrogen (secondary N) is 1. The molecular weight excluding hydrogens is 366 g/mol. The number of aromatic nitrogens is 2. The normalized spacial score (nSPS) is 11.3. The predicted octanol–water partition coefficient (Wildman–Crippen LogP) is 4.61. The zero-order chi connectivity index (χ0) is 18.8. The summed E-state index contributed by atoms with van der Waals surface area (Å²) in [6.45, 7) is 2.04. The standard InChI is InChI=1S/C18H13N5O3S/c1-11-2-4-12(5-3-11)14-9-27-18-16(14)17(19-10-20-18)22-21-8-13-6-7-15(26-13)23(24)25/h2-10H,1H3,(H,19,20,22)/b21-8-. The number of hydrogen-bond donors (Lipinski definition) is 1. The van der Waals surface area contributed by atoms with Gasteiger partial charge in [-0.3, -0.25) is 15.5 Å². The average Bonchev–Trinajstić information content (AvgIpc) is 3.30. The van der Waals surface area contributed by atoms with Gasteiger partial charge in [0.25, 0.3) is 0 Å². The summed E-state index contributed by atoms with van der Waals surface area (Å²) >= 11 is 1.53. The summed E-state index contributed by atoms with van der Waals surface area (Å²) in [4.78, 5) is 19.5. The maximum Gasteiger partial charge on any atom is 0.433 e. The largest absolute Gasteiger partial charge is 0.433 e. The third-order valence-electron chi connectivity index (χ3n) is 3.89. The molecular formula is C18H13N5O3S. The van der Waals surface area contributed by atoms with Crippen LogP contribution in [0.15, 0.2) is 57.6 Å². The highest BCUT2D eigenvalue weighted by atomic mass is 32.1. The zero-order valence-corrected chi connectivity index (χ0v) is 14.9. The Morgan fingerprint density at radius 1 is 1.22 bits per heavy atom. The lowest BCUT2D eigenvalue weighted by atomic mass is 10.0. The van der Waals surface area contributed by atoms with Crippen LogP contribution in [0.4, 0.5) is 11.7 Å². The second-order valence-corrected chi connectivity index (χ2v) is 6.58.